The zero-order valence-electron chi connectivity index (χ0n) is 19.7. The van der Waals surface area contributed by atoms with Crippen LogP contribution in [0.3, 0.4) is 0 Å². The molecule has 0 saturated carbocycles. The zero-order chi connectivity index (χ0) is 26.8. The molecule has 1 aliphatic rings. The van der Waals surface area contributed by atoms with E-state index in [9.17, 15) is 27.6 Å². The molecule has 0 atom stereocenters. The molecule has 0 unspecified atom stereocenters. The van der Waals surface area contributed by atoms with Crippen molar-refractivity contribution in [3.63, 3.8) is 0 Å². The normalized spacial score (nSPS) is 15.2. The predicted octanol–water partition coefficient (Wildman–Crippen LogP) is 5.20. The maximum Gasteiger partial charge on any atom is 0.446 e. The largest absolute Gasteiger partial charge is 0.446 e. The molecule has 192 valence electrons. The summed E-state index contributed by atoms with van der Waals surface area (Å²) in [7, 11) is 0. The SMILES string of the molecule is CC1(C)C(=O)N(c2ccc(SC(F)(F)F)cc2)C(=O)N1Cc1ccnc(NNC(=O)c2ccccc2)c1. The number of hydrogen-bond acceptors (Lipinski definition) is 6. The number of nitrogens with one attached hydrogen (secondary N) is 2. The van der Waals surface area contributed by atoms with E-state index in [-0.39, 0.29) is 34.8 Å². The lowest BCUT2D eigenvalue weighted by Crippen LogP contribution is -2.43. The van der Waals surface area contributed by atoms with Gasteiger partial charge in [-0.25, -0.2) is 14.7 Å². The fraction of sp³-hybridized carbons (Fsp3) is 0.200. The van der Waals surface area contributed by atoms with Crippen molar-refractivity contribution in [2.24, 2.45) is 0 Å². The average Bonchev–Trinajstić information content (AvgIpc) is 3.02. The lowest BCUT2D eigenvalue weighted by molar-refractivity contribution is -0.123. The second kappa shape index (κ2) is 10.1. The molecule has 0 radical (unpaired) electrons. The third kappa shape index (κ3) is 5.85. The highest BCUT2D eigenvalue weighted by atomic mass is 32.2. The lowest BCUT2D eigenvalue weighted by Gasteiger charge is -2.27. The second-order valence-corrected chi connectivity index (χ2v) is 9.74. The van der Waals surface area contributed by atoms with E-state index in [1.54, 1.807) is 56.3 Å². The average molecular weight is 530 g/mol. The number of carbonyl (C=O) groups excluding carboxylic acids is 3. The molecule has 2 aromatic carbocycles. The molecule has 1 saturated heterocycles. The molecule has 1 aromatic heterocycles. The van der Waals surface area contributed by atoms with Crippen LogP contribution in [0.1, 0.15) is 29.8 Å². The number of nitrogens with zero attached hydrogens (tertiary/aromatic N) is 3. The van der Waals surface area contributed by atoms with E-state index >= 15 is 0 Å². The van der Waals surface area contributed by atoms with E-state index in [1.165, 1.54) is 35.4 Å². The Kier molecular flexibility index (Phi) is 7.12. The number of imide groups is 1. The van der Waals surface area contributed by atoms with Crippen LogP contribution in [0.4, 0.5) is 29.5 Å². The minimum Gasteiger partial charge on any atom is -0.305 e. The molecule has 1 fully saturated rings. The van der Waals surface area contributed by atoms with Crippen molar-refractivity contribution in [1.29, 1.82) is 0 Å². The maximum absolute atomic E-state index is 13.3. The summed E-state index contributed by atoms with van der Waals surface area (Å²) in [5.74, 6) is -0.534. The number of pyridine rings is 1. The first-order valence-electron chi connectivity index (χ1n) is 11.0. The number of amides is 4. The Labute approximate surface area is 214 Å². The van der Waals surface area contributed by atoms with Gasteiger partial charge in [0.25, 0.3) is 11.8 Å². The molecule has 8 nitrogen and oxygen atoms in total. The molecule has 12 heteroatoms. The topological polar surface area (TPSA) is 94.6 Å². The fourth-order valence-electron chi connectivity index (χ4n) is 3.73. The van der Waals surface area contributed by atoms with E-state index in [1.807, 2.05) is 0 Å². The predicted molar refractivity (Wildman–Crippen MR) is 133 cm³/mol. The van der Waals surface area contributed by atoms with Gasteiger partial charge >= 0.3 is 11.5 Å². The number of aromatic nitrogens is 1. The van der Waals surface area contributed by atoms with Crippen LogP contribution in [0.25, 0.3) is 0 Å². The minimum absolute atomic E-state index is 0.0531. The number of benzene rings is 2. The summed E-state index contributed by atoms with van der Waals surface area (Å²) in [5, 5.41) is 0. The number of thioether (sulfide) groups is 1. The number of alkyl halides is 3. The van der Waals surface area contributed by atoms with Gasteiger partial charge in [0.05, 0.1) is 5.69 Å². The molecule has 1 aliphatic heterocycles. The second-order valence-electron chi connectivity index (χ2n) is 8.60. The number of hydrazine groups is 1. The third-order valence-electron chi connectivity index (χ3n) is 5.66. The van der Waals surface area contributed by atoms with E-state index in [4.69, 9.17) is 0 Å². The highest BCUT2D eigenvalue weighted by Gasteiger charge is 2.51. The van der Waals surface area contributed by atoms with Gasteiger partial charge in [-0.05, 0) is 79.7 Å². The summed E-state index contributed by atoms with van der Waals surface area (Å²) in [6, 6.07) is 16.4. The van der Waals surface area contributed by atoms with Gasteiger partial charge < -0.3 is 4.90 Å². The number of halogens is 3. The van der Waals surface area contributed by atoms with E-state index < -0.39 is 23.0 Å². The summed E-state index contributed by atoms with van der Waals surface area (Å²) in [4.78, 5) is 45.1. The fourth-order valence-corrected chi connectivity index (χ4v) is 4.27. The van der Waals surface area contributed by atoms with Crippen molar-refractivity contribution in [3.05, 3.63) is 84.1 Å². The molecule has 37 heavy (non-hydrogen) atoms. The van der Waals surface area contributed by atoms with E-state index in [0.29, 0.717) is 16.9 Å². The number of anilines is 2. The van der Waals surface area contributed by atoms with Gasteiger partial charge in [0, 0.05) is 23.2 Å². The lowest BCUT2D eigenvalue weighted by atomic mass is 10.0. The highest BCUT2D eigenvalue weighted by molar-refractivity contribution is 8.00. The Bertz CT molecular complexity index is 1320. The van der Waals surface area contributed by atoms with Crippen LogP contribution in [0, 0.1) is 0 Å². The van der Waals surface area contributed by atoms with Crippen LogP contribution in [0.5, 0.6) is 0 Å². The van der Waals surface area contributed by atoms with Crippen molar-refractivity contribution < 1.29 is 27.6 Å². The third-order valence-corrected chi connectivity index (χ3v) is 6.40. The van der Waals surface area contributed by atoms with E-state index in [0.717, 1.165) is 4.90 Å². The van der Waals surface area contributed by atoms with Crippen molar-refractivity contribution >= 4 is 41.1 Å². The maximum atomic E-state index is 13.3. The Hall–Kier alpha value is -4.06. The first kappa shape index (κ1) is 26.0. The molecule has 3 aromatic rings. The summed E-state index contributed by atoms with van der Waals surface area (Å²) < 4.78 is 37.9. The van der Waals surface area contributed by atoms with Crippen molar-refractivity contribution in [3.8, 4) is 0 Å². The van der Waals surface area contributed by atoms with E-state index in [2.05, 4.69) is 15.8 Å². The molecule has 2 heterocycles. The van der Waals surface area contributed by atoms with Gasteiger partial charge in [-0.1, -0.05) is 18.2 Å². The highest BCUT2D eigenvalue weighted by Crippen LogP contribution is 2.39. The van der Waals surface area contributed by atoms with Gasteiger partial charge in [-0.3, -0.25) is 20.4 Å². The monoisotopic (exact) mass is 529 g/mol. The molecular formula is C25H22F3N5O3S. The van der Waals surface area contributed by atoms with Crippen molar-refractivity contribution in [1.82, 2.24) is 15.3 Å². The van der Waals surface area contributed by atoms with Gasteiger partial charge in [0.1, 0.15) is 11.4 Å². The molecular weight excluding hydrogens is 507 g/mol. The number of urea groups is 1. The zero-order valence-corrected chi connectivity index (χ0v) is 20.6. The quantitative estimate of drug-likeness (QED) is 0.248. The Morgan fingerprint density at radius 2 is 1.70 bits per heavy atom. The minimum atomic E-state index is -4.44. The van der Waals surface area contributed by atoms with Crippen molar-refractivity contribution in [2.75, 3.05) is 10.3 Å². The molecule has 4 amide bonds. The molecule has 0 aliphatic carbocycles. The van der Waals surface area contributed by atoms with Gasteiger partial charge in [0.2, 0.25) is 0 Å². The molecule has 4 rings (SSSR count). The summed E-state index contributed by atoms with van der Waals surface area (Å²) in [6.45, 7) is 3.25. The first-order chi connectivity index (χ1) is 17.5. The Morgan fingerprint density at radius 3 is 2.35 bits per heavy atom. The summed E-state index contributed by atoms with van der Waals surface area (Å²) >= 11 is -0.275. The van der Waals surface area contributed by atoms with Gasteiger partial charge in [0.15, 0.2) is 0 Å². The van der Waals surface area contributed by atoms with Crippen LogP contribution in [-0.4, -0.2) is 38.8 Å². The number of carbonyl (C=O) groups is 3. The number of rotatable bonds is 7. The standard InChI is InChI=1S/C25H22F3N5O3S/c1-24(2)22(35)33(18-8-10-19(11-9-18)37-25(26,27)28)23(36)32(24)15-16-12-13-29-20(14-16)30-31-21(34)17-6-4-3-5-7-17/h3-14H,15H2,1-2H3,(H,29,30)(H,31,34). The Balaban J connectivity index is 1.47. The van der Waals surface area contributed by atoms with Crippen LogP contribution in [-0.2, 0) is 11.3 Å². The summed E-state index contributed by atoms with van der Waals surface area (Å²) in [6.07, 6.45) is 1.50. The van der Waals surface area contributed by atoms with Gasteiger partial charge in [-0.2, -0.15) is 13.2 Å². The summed E-state index contributed by atoms with van der Waals surface area (Å²) in [5.41, 5.74) is 0.899. The van der Waals surface area contributed by atoms with Crippen molar-refractivity contribution in [2.45, 2.75) is 36.3 Å². The molecule has 0 bridgehead atoms. The Morgan fingerprint density at radius 1 is 1.03 bits per heavy atom. The van der Waals surface area contributed by atoms with Crippen LogP contribution >= 0.6 is 11.8 Å². The molecule has 0 spiro atoms. The smallest absolute Gasteiger partial charge is 0.305 e. The van der Waals surface area contributed by atoms with Crippen LogP contribution in [0.2, 0.25) is 0 Å². The van der Waals surface area contributed by atoms with Crippen LogP contribution in [0.15, 0.2) is 77.8 Å². The van der Waals surface area contributed by atoms with Crippen LogP contribution < -0.4 is 15.8 Å². The van der Waals surface area contributed by atoms with Gasteiger partial charge in [-0.15, -0.1) is 0 Å². The molecule has 2 N–H and O–H groups in total. The first-order valence-corrected chi connectivity index (χ1v) is 11.9. The number of hydrogen-bond donors (Lipinski definition) is 2.